The highest BCUT2D eigenvalue weighted by Gasteiger charge is 2.22. The molecule has 26 heavy (non-hydrogen) atoms. The summed E-state index contributed by atoms with van der Waals surface area (Å²) >= 11 is 0. The van der Waals surface area contributed by atoms with E-state index in [-0.39, 0.29) is 29.9 Å². The number of carbonyl (C=O) groups is 1. The minimum Gasteiger partial charge on any atom is -0.359 e. The van der Waals surface area contributed by atoms with Crippen molar-refractivity contribution in [1.29, 1.82) is 0 Å². The molecule has 1 aliphatic rings. The molecule has 1 saturated heterocycles. The van der Waals surface area contributed by atoms with Gasteiger partial charge in [0.1, 0.15) is 0 Å². The number of benzene rings is 1. The highest BCUT2D eigenvalue weighted by molar-refractivity contribution is 14.0. The first-order valence-corrected chi connectivity index (χ1v) is 9.50. The molecule has 1 aromatic carbocycles. The average molecular weight is 472 g/mol. The SMILES string of the molecule is CCNC(=NCCCc1ccccc1)N1CCC(CC(=O)NC)CC1.I. The first-order chi connectivity index (χ1) is 12.2. The molecule has 146 valence electrons. The minimum absolute atomic E-state index is 0. The summed E-state index contributed by atoms with van der Waals surface area (Å²) in [4.78, 5) is 18.7. The molecule has 0 bridgehead atoms. The number of aliphatic imine (C=N–C) groups is 1. The van der Waals surface area contributed by atoms with Crippen LogP contribution in [-0.2, 0) is 11.2 Å². The standard InChI is InChI=1S/C20H32N4O.HI/c1-3-22-20(23-13-7-10-17-8-5-4-6-9-17)24-14-11-18(12-15-24)16-19(25)21-2;/h4-6,8-9,18H,3,7,10-16H2,1-2H3,(H,21,25)(H,22,23);1H. The summed E-state index contributed by atoms with van der Waals surface area (Å²) in [5.74, 6) is 1.67. The molecule has 0 atom stereocenters. The third-order valence-corrected chi connectivity index (χ3v) is 4.73. The maximum absolute atomic E-state index is 11.5. The van der Waals surface area contributed by atoms with E-state index < -0.39 is 0 Å². The Morgan fingerprint density at radius 1 is 1.23 bits per heavy atom. The molecule has 2 rings (SSSR count). The summed E-state index contributed by atoms with van der Waals surface area (Å²) in [5.41, 5.74) is 1.37. The van der Waals surface area contributed by atoms with Gasteiger partial charge in [-0.05, 0) is 44.1 Å². The number of aryl methyl sites for hydroxylation is 1. The molecular formula is C20H33IN4O. The van der Waals surface area contributed by atoms with Gasteiger partial charge in [-0.1, -0.05) is 30.3 Å². The first kappa shape index (κ1) is 22.7. The van der Waals surface area contributed by atoms with Gasteiger partial charge >= 0.3 is 0 Å². The van der Waals surface area contributed by atoms with Crippen LogP contribution in [0.4, 0.5) is 0 Å². The summed E-state index contributed by atoms with van der Waals surface area (Å²) in [6, 6.07) is 10.6. The molecule has 1 amide bonds. The number of nitrogens with zero attached hydrogens (tertiary/aromatic N) is 2. The molecular weight excluding hydrogens is 439 g/mol. The Morgan fingerprint density at radius 3 is 2.54 bits per heavy atom. The molecule has 0 saturated carbocycles. The highest BCUT2D eigenvalue weighted by atomic mass is 127. The van der Waals surface area contributed by atoms with E-state index in [1.807, 2.05) is 0 Å². The Balaban J connectivity index is 0.00000338. The van der Waals surface area contributed by atoms with Crippen molar-refractivity contribution < 1.29 is 4.79 Å². The normalized spacial score (nSPS) is 15.3. The van der Waals surface area contributed by atoms with Gasteiger partial charge in [-0.25, -0.2) is 0 Å². The van der Waals surface area contributed by atoms with Crippen LogP contribution in [0.2, 0.25) is 0 Å². The van der Waals surface area contributed by atoms with E-state index in [4.69, 9.17) is 4.99 Å². The van der Waals surface area contributed by atoms with Gasteiger partial charge in [0.05, 0.1) is 0 Å². The van der Waals surface area contributed by atoms with E-state index in [0.717, 1.165) is 57.8 Å². The number of likely N-dealkylation sites (tertiary alicyclic amines) is 1. The fraction of sp³-hybridized carbons (Fsp3) is 0.600. The molecule has 1 heterocycles. The quantitative estimate of drug-likeness (QED) is 0.278. The third kappa shape index (κ3) is 7.93. The molecule has 0 aromatic heterocycles. The number of carbonyl (C=O) groups excluding carboxylic acids is 1. The van der Waals surface area contributed by atoms with Crippen LogP contribution in [0.25, 0.3) is 0 Å². The van der Waals surface area contributed by atoms with Crippen molar-refractivity contribution in [3.8, 4) is 0 Å². The molecule has 0 radical (unpaired) electrons. The van der Waals surface area contributed by atoms with Gasteiger partial charge < -0.3 is 15.5 Å². The number of hydrogen-bond donors (Lipinski definition) is 2. The van der Waals surface area contributed by atoms with Crippen LogP contribution >= 0.6 is 24.0 Å². The summed E-state index contributed by atoms with van der Waals surface area (Å²) in [7, 11) is 1.71. The minimum atomic E-state index is 0. The van der Waals surface area contributed by atoms with Crippen molar-refractivity contribution in [2.24, 2.45) is 10.9 Å². The van der Waals surface area contributed by atoms with Crippen molar-refractivity contribution in [3.63, 3.8) is 0 Å². The van der Waals surface area contributed by atoms with Crippen LogP contribution in [0.5, 0.6) is 0 Å². The monoisotopic (exact) mass is 472 g/mol. The summed E-state index contributed by atoms with van der Waals surface area (Å²) in [6.45, 7) is 5.79. The number of halogens is 1. The lowest BCUT2D eigenvalue weighted by atomic mass is 9.93. The number of piperidine rings is 1. The molecule has 1 fully saturated rings. The fourth-order valence-corrected chi connectivity index (χ4v) is 3.25. The molecule has 0 aliphatic carbocycles. The third-order valence-electron chi connectivity index (χ3n) is 4.73. The van der Waals surface area contributed by atoms with Gasteiger partial charge in [-0.3, -0.25) is 9.79 Å². The van der Waals surface area contributed by atoms with Gasteiger partial charge in [0.15, 0.2) is 5.96 Å². The first-order valence-electron chi connectivity index (χ1n) is 9.50. The second-order valence-corrected chi connectivity index (χ2v) is 6.63. The highest BCUT2D eigenvalue weighted by Crippen LogP contribution is 2.20. The van der Waals surface area contributed by atoms with Crippen LogP contribution in [0, 0.1) is 5.92 Å². The molecule has 0 unspecified atom stereocenters. The van der Waals surface area contributed by atoms with Crippen LogP contribution < -0.4 is 10.6 Å². The van der Waals surface area contributed by atoms with E-state index in [1.165, 1.54) is 5.56 Å². The lowest BCUT2D eigenvalue weighted by molar-refractivity contribution is -0.121. The smallest absolute Gasteiger partial charge is 0.220 e. The summed E-state index contributed by atoms with van der Waals surface area (Å²) < 4.78 is 0. The fourth-order valence-electron chi connectivity index (χ4n) is 3.25. The van der Waals surface area contributed by atoms with Gasteiger partial charge in [0.2, 0.25) is 5.91 Å². The van der Waals surface area contributed by atoms with Gasteiger partial charge in [-0.2, -0.15) is 0 Å². The Hall–Kier alpha value is -1.31. The molecule has 6 heteroatoms. The van der Waals surface area contributed by atoms with Crippen molar-refractivity contribution in [2.45, 2.75) is 39.0 Å². The Morgan fingerprint density at radius 2 is 1.92 bits per heavy atom. The van der Waals surface area contributed by atoms with Gasteiger partial charge in [-0.15, -0.1) is 24.0 Å². The van der Waals surface area contributed by atoms with Crippen molar-refractivity contribution in [1.82, 2.24) is 15.5 Å². The lowest BCUT2D eigenvalue weighted by Gasteiger charge is -2.34. The van der Waals surface area contributed by atoms with E-state index in [9.17, 15) is 4.79 Å². The van der Waals surface area contributed by atoms with Crippen molar-refractivity contribution in [3.05, 3.63) is 35.9 Å². The lowest BCUT2D eigenvalue weighted by Crippen LogP contribution is -2.46. The van der Waals surface area contributed by atoms with Crippen LogP contribution in [0.3, 0.4) is 0 Å². The van der Waals surface area contributed by atoms with Crippen molar-refractivity contribution >= 4 is 35.8 Å². The molecule has 5 nitrogen and oxygen atoms in total. The van der Waals surface area contributed by atoms with E-state index >= 15 is 0 Å². The molecule has 1 aliphatic heterocycles. The summed E-state index contributed by atoms with van der Waals surface area (Å²) in [5, 5.41) is 6.14. The van der Waals surface area contributed by atoms with E-state index in [2.05, 4.69) is 52.8 Å². The number of nitrogens with one attached hydrogen (secondary N) is 2. The Kier molecular flexibility index (Phi) is 11.3. The second-order valence-electron chi connectivity index (χ2n) is 6.63. The predicted molar refractivity (Wildman–Crippen MR) is 119 cm³/mol. The number of amides is 1. The largest absolute Gasteiger partial charge is 0.359 e. The molecule has 1 aromatic rings. The van der Waals surface area contributed by atoms with Crippen LogP contribution in [-0.4, -0.2) is 50.0 Å². The van der Waals surface area contributed by atoms with E-state index in [1.54, 1.807) is 7.05 Å². The number of guanidine groups is 1. The average Bonchev–Trinajstić information content (AvgIpc) is 2.65. The molecule has 0 spiro atoms. The van der Waals surface area contributed by atoms with Gasteiger partial charge in [0, 0.05) is 39.6 Å². The topological polar surface area (TPSA) is 56.7 Å². The predicted octanol–water partition coefficient (Wildman–Crippen LogP) is 3.05. The van der Waals surface area contributed by atoms with Crippen molar-refractivity contribution in [2.75, 3.05) is 33.2 Å². The van der Waals surface area contributed by atoms with Crippen LogP contribution in [0.1, 0.15) is 38.2 Å². The second kappa shape index (κ2) is 12.9. The maximum atomic E-state index is 11.5. The maximum Gasteiger partial charge on any atom is 0.220 e. The number of rotatable bonds is 7. The summed E-state index contributed by atoms with van der Waals surface area (Å²) in [6.07, 6.45) is 4.89. The van der Waals surface area contributed by atoms with Crippen LogP contribution in [0.15, 0.2) is 35.3 Å². The Labute approximate surface area is 175 Å². The zero-order valence-corrected chi connectivity index (χ0v) is 18.4. The zero-order valence-electron chi connectivity index (χ0n) is 16.0. The van der Waals surface area contributed by atoms with Gasteiger partial charge in [0.25, 0.3) is 0 Å². The molecule has 2 N–H and O–H groups in total. The zero-order chi connectivity index (χ0) is 17.9. The number of hydrogen-bond acceptors (Lipinski definition) is 2. The Bertz CT molecular complexity index is 542. The van der Waals surface area contributed by atoms with E-state index in [0.29, 0.717) is 12.3 Å².